The summed E-state index contributed by atoms with van der Waals surface area (Å²) in [7, 11) is 1.88. The summed E-state index contributed by atoms with van der Waals surface area (Å²) in [5.74, 6) is 0.211. The van der Waals surface area contributed by atoms with Crippen LogP contribution in [0.3, 0.4) is 0 Å². The van der Waals surface area contributed by atoms with Gasteiger partial charge in [0.15, 0.2) is 0 Å². The molecule has 0 spiro atoms. The lowest BCUT2D eigenvalue weighted by Gasteiger charge is -2.37. The lowest BCUT2D eigenvalue weighted by Crippen LogP contribution is -2.47. The molecule has 1 aliphatic rings. The second-order valence-electron chi connectivity index (χ2n) is 5.57. The van der Waals surface area contributed by atoms with Crippen molar-refractivity contribution in [3.8, 4) is 0 Å². The first-order chi connectivity index (χ1) is 9.09. The second kappa shape index (κ2) is 6.01. The standard InChI is InChI=1S/C14H23N3OS/c1-11-12(19-10-16-11)8-17(2)13(18)14(9-15)6-4-3-5-7-14/h10H,3-9,15H2,1-2H3. The summed E-state index contributed by atoms with van der Waals surface area (Å²) < 4.78 is 0. The fourth-order valence-corrected chi connectivity index (χ4v) is 3.73. The molecule has 0 saturated heterocycles. The third kappa shape index (κ3) is 2.98. The van der Waals surface area contributed by atoms with Gasteiger partial charge in [0.1, 0.15) is 0 Å². The summed E-state index contributed by atoms with van der Waals surface area (Å²) in [6.45, 7) is 3.11. The molecule has 4 nitrogen and oxygen atoms in total. The smallest absolute Gasteiger partial charge is 0.230 e. The van der Waals surface area contributed by atoms with Gasteiger partial charge in [0.25, 0.3) is 0 Å². The van der Waals surface area contributed by atoms with Gasteiger partial charge >= 0.3 is 0 Å². The molecule has 1 aromatic heterocycles. The molecule has 1 fully saturated rings. The van der Waals surface area contributed by atoms with Gasteiger partial charge in [0.05, 0.1) is 23.2 Å². The number of aromatic nitrogens is 1. The third-order valence-electron chi connectivity index (χ3n) is 4.23. The minimum Gasteiger partial charge on any atom is -0.340 e. The van der Waals surface area contributed by atoms with Crippen LogP contribution in [0.25, 0.3) is 0 Å². The number of carbonyl (C=O) groups is 1. The molecule has 1 aliphatic carbocycles. The van der Waals surface area contributed by atoms with Crippen LogP contribution >= 0.6 is 11.3 Å². The number of hydrogen-bond acceptors (Lipinski definition) is 4. The highest BCUT2D eigenvalue weighted by Crippen LogP contribution is 2.37. The number of nitrogens with two attached hydrogens (primary N) is 1. The molecule has 2 rings (SSSR count). The van der Waals surface area contributed by atoms with Crippen molar-refractivity contribution in [1.82, 2.24) is 9.88 Å². The highest BCUT2D eigenvalue weighted by atomic mass is 32.1. The van der Waals surface area contributed by atoms with Crippen molar-refractivity contribution >= 4 is 17.2 Å². The minimum atomic E-state index is -0.314. The van der Waals surface area contributed by atoms with Crippen molar-refractivity contribution in [1.29, 1.82) is 0 Å². The molecule has 1 aromatic rings. The van der Waals surface area contributed by atoms with Gasteiger partial charge < -0.3 is 10.6 Å². The van der Waals surface area contributed by atoms with Gasteiger partial charge in [-0.2, -0.15) is 0 Å². The van der Waals surface area contributed by atoms with E-state index in [1.54, 1.807) is 11.3 Å². The van der Waals surface area contributed by atoms with Crippen LogP contribution in [0.1, 0.15) is 42.7 Å². The monoisotopic (exact) mass is 281 g/mol. The maximum absolute atomic E-state index is 12.7. The van der Waals surface area contributed by atoms with E-state index in [1.165, 1.54) is 11.3 Å². The molecule has 0 aromatic carbocycles. The highest BCUT2D eigenvalue weighted by molar-refractivity contribution is 7.09. The lowest BCUT2D eigenvalue weighted by atomic mass is 9.73. The molecule has 1 saturated carbocycles. The van der Waals surface area contributed by atoms with E-state index >= 15 is 0 Å². The summed E-state index contributed by atoms with van der Waals surface area (Å²) in [6.07, 6.45) is 5.35. The summed E-state index contributed by atoms with van der Waals surface area (Å²) >= 11 is 1.61. The number of carbonyl (C=O) groups excluding carboxylic acids is 1. The fraction of sp³-hybridized carbons (Fsp3) is 0.714. The Hall–Kier alpha value is -0.940. The molecule has 1 heterocycles. The molecule has 2 N–H and O–H groups in total. The zero-order valence-corrected chi connectivity index (χ0v) is 12.6. The largest absolute Gasteiger partial charge is 0.340 e. The summed E-state index contributed by atoms with van der Waals surface area (Å²) in [5, 5.41) is 0. The van der Waals surface area contributed by atoms with Crippen molar-refractivity contribution in [2.75, 3.05) is 13.6 Å². The molecule has 0 radical (unpaired) electrons. The Morgan fingerprint density at radius 2 is 2.16 bits per heavy atom. The SMILES string of the molecule is Cc1ncsc1CN(C)C(=O)C1(CN)CCCCC1. The van der Waals surface area contributed by atoms with E-state index in [0.29, 0.717) is 13.1 Å². The van der Waals surface area contributed by atoms with E-state index in [2.05, 4.69) is 4.98 Å². The summed E-state index contributed by atoms with van der Waals surface area (Å²) in [4.78, 5) is 20.0. The highest BCUT2D eigenvalue weighted by Gasteiger charge is 2.39. The Bertz CT molecular complexity index is 438. The normalized spacial score (nSPS) is 18.3. The Balaban J connectivity index is 2.07. The van der Waals surface area contributed by atoms with Gasteiger partial charge in [0, 0.05) is 18.5 Å². The van der Waals surface area contributed by atoms with E-state index in [-0.39, 0.29) is 11.3 Å². The average molecular weight is 281 g/mol. The van der Waals surface area contributed by atoms with Crippen LogP contribution < -0.4 is 5.73 Å². The van der Waals surface area contributed by atoms with Crippen molar-refractivity contribution < 1.29 is 4.79 Å². The Kier molecular flexibility index (Phi) is 4.58. The van der Waals surface area contributed by atoms with Crippen molar-refractivity contribution in [2.45, 2.75) is 45.6 Å². The number of aryl methyl sites for hydroxylation is 1. The van der Waals surface area contributed by atoms with Gasteiger partial charge in [-0.05, 0) is 19.8 Å². The minimum absolute atomic E-state index is 0.211. The number of hydrogen-bond donors (Lipinski definition) is 1. The molecule has 5 heteroatoms. The number of thiazole rings is 1. The molecular weight excluding hydrogens is 258 g/mol. The van der Waals surface area contributed by atoms with Crippen molar-refractivity contribution in [2.24, 2.45) is 11.1 Å². The van der Waals surface area contributed by atoms with E-state index in [1.807, 2.05) is 24.4 Å². The molecule has 0 aliphatic heterocycles. The quantitative estimate of drug-likeness (QED) is 0.921. The Morgan fingerprint density at radius 3 is 2.68 bits per heavy atom. The molecule has 0 unspecified atom stereocenters. The van der Waals surface area contributed by atoms with Gasteiger partial charge in [-0.15, -0.1) is 11.3 Å². The molecular formula is C14H23N3OS. The Morgan fingerprint density at radius 1 is 1.47 bits per heavy atom. The first kappa shape index (κ1) is 14.5. The molecule has 1 amide bonds. The van der Waals surface area contributed by atoms with Gasteiger partial charge in [-0.3, -0.25) is 4.79 Å². The van der Waals surface area contributed by atoms with Crippen LogP contribution in [0.4, 0.5) is 0 Å². The summed E-state index contributed by atoms with van der Waals surface area (Å²) in [6, 6.07) is 0. The van der Waals surface area contributed by atoms with E-state index < -0.39 is 0 Å². The van der Waals surface area contributed by atoms with Crippen LogP contribution in [0.5, 0.6) is 0 Å². The first-order valence-electron chi connectivity index (χ1n) is 6.94. The predicted octanol–water partition coefficient (Wildman–Crippen LogP) is 2.32. The fourth-order valence-electron chi connectivity index (χ4n) is 2.90. The van der Waals surface area contributed by atoms with Gasteiger partial charge in [0.2, 0.25) is 5.91 Å². The Labute approximate surface area is 119 Å². The van der Waals surface area contributed by atoms with E-state index in [0.717, 1.165) is 31.4 Å². The summed E-state index contributed by atoms with van der Waals surface area (Å²) in [5.41, 5.74) is 8.47. The van der Waals surface area contributed by atoms with E-state index in [9.17, 15) is 4.79 Å². The van der Waals surface area contributed by atoms with Crippen LogP contribution in [-0.4, -0.2) is 29.4 Å². The zero-order valence-electron chi connectivity index (χ0n) is 11.8. The van der Waals surface area contributed by atoms with Crippen molar-refractivity contribution in [3.05, 3.63) is 16.1 Å². The van der Waals surface area contributed by atoms with Crippen molar-refractivity contribution in [3.63, 3.8) is 0 Å². The topological polar surface area (TPSA) is 59.2 Å². The van der Waals surface area contributed by atoms with Crippen LogP contribution in [0.15, 0.2) is 5.51 Å². The van der Waals surface area contributed by atoms with E-state index in [4.69, 9.17) is 5.73 Å². The number of nitrogens with zero attached hydrogens (tertiary/aromatic N) is 2. The zero-order chi connectivity index (χ0) is 13.9. The first-order valence-corrected chi connectivity index (χ1v) is 7.81. The average Bonchev–Trinajstić information content (AvgIpc) is 2.84. The molecule has 0 bridgehead atoms. The third-order valence-corrected chi connectivity index (χ3v) is 5.15. The van der Waals surface area contributed by atoms with Crippen LogP contribution in [-0.2, 0) is 11.3 Å². The van der Waals surface area contributed by atoms with Crippen LogP contribution in [0.2, 0.25) is 0 Å². The molecule has 0 atom stereocenters. The lowest BCUT2D eigenvalue weighted by molar-refractivity contribution is -0.142. The predicted molar refractivity (Wildman–Crippen MR) is 77.9 cm³/mol. The molecule has 19 heavy (non-hydrogen) atoms. The van der Waals surface area contributed by atoms with Gasteiger partial charge in [-0.1, -0.05) is 19.3 Å². The van der Waals surface area contributed by atoms with Gasteiger partial charge in [-0.25, -0.2) is 4.98 Å². The molecule has 106 valence electrons. The number of amides is 1. The van der Waals surface area contributed by atoms with Crippen LogP contribution in [0, 0.1) is 12.3 Å². The number of rotatable bonds is 4. The second-order valence-corrected chi connectivity index (χ2v) is 6.51. The maximum atomic E-state index is 12.7. The maximum Gasteiger partial charge on any atom is 0.230 e.